The van der Waals surface area contributed by atoms with Crippen molar-refractivity contribution >= 4 is 5.97 Å². The van der Waals surface area contributed by atoms with Gasteiger partial charge in [-0.1, -0.05) is 0 Å². The molecule has 13 heavy (non-hydrogen) atoms. The maximum atomic E-state index is 11.0. The Morgan fingerprint density at radius 1 is 1.62 bits per heavy atom. The molecule has 0 bridgehead atoms. The van der Waals surface area contributed by atoms with Crippen LogP contribution in [0.3, 0.4) is 0 Å². The van der Waals surface area contributed by atoms with Crippen LogP contribution >= 0.6 is 0 Å². The summed E-state index contributed by atoms with van der Waals surface area (Å²) in [7, 11) is 1.31. The fourth-order valence-corrected chi connectivity index (χ4v) is 0.898. The molecule has 0 atom stereocenters. The molecule has 0 aliphatic heterocycles. The molecule has 0 aromatic carbocycles. The Hall–Kier alpha value is -1.49. The molecule has 0 aliphatic rings. The Labute approximate surface area is 75.9 Å². The second kappa shape index (κ2) is 4.51. The van der Waals surface area contributed by atoms with Crippen LogP contribution in [0.5, 0.6) is 0 Å². The van der Waals surface area contributed by atoms with E-state index in [-0.39, 0.29) is 5.69 Å². The molecule has 0 fully saturated rings. The van der Waals surface area contributed by atoms with Gasteiger partial charge in [0.25, 0.3) is 0 Å². The van der Waals surface area contributed by atoms with Gasteiger partial charge in [0.2, 0.25) is 0 Å². The van der Waals surface area contributed by atoms with Crippen molar-refractivity contribution in [3.05, 3.63) is 23.8 Å². The Kier molecular flexibility index (Phi) is 3.33. The number of esters is 1. The third-order valence-corrected chi connectivity index (χ3v) is 1.52. The molecule has 2 N–H and O–H groups in total. The van der Waals surface area contributed by atoms with E-state index in [1.807, 2.05) is 0 Å². The first kappa shape index (κ1) is 9.60. The first-order valence-corrected chi connectivity index (χ1v) is 3.87. The van der Waals surface area contributed by atoms with Crippen molar-refractivity contribution in [2.24, 2.45) is 5.73 Å². The average Bonchev–Trinajstić information content (AvgIpc) is 2.18. The molecule has 5 heteroatoms. The molecule has 0 spiro atoms. The third-order valence-electron chi connectivity index (χ3n) is 1.52. The van der Waals surface area contributed by atoms with Crippen molar-refractivity contribution in [1.82, 2.24) is 9.97 Å². The number of methoxy groups -OCH3 is 1. The topological polar surface area (TPSA) is 78.1 Å². The maximum absolute atomic E-state index is 11.0. The first-order valence-electron chi connectivity index (χ1n) is 3.87. The van der Waals surface area contributed by atoms with Gasteiger partial charge in [-0.3, -0.25) is 0 Å². The lowest BCUT2D eigenvalue weighted by Crippen LogP contribution is -2.09. The van der Waals surface area contributed by atoms with Crippen LogP contribution < -0.4 is 5.73 Å². The van der Waals surface area contributed by atoms with Crippen LogP contribution in [0.15, 0.2) is 12.4 Å². The summed E-state index contributed by atoms with van der Waals surface area (Å²) in [6, 6.07) is 1.58. The summed E-state index contributed by atoms with van der Waals surface area (Å²) >= 11 is 0. The van der Waals surface area contributed by atoms with Gasteiger partial charge >= 0.3 is 5.97 Å². The standard InChI is InChI=1S/C8H11N3O2/c1-13-8(12)7-4-6(2-3-9)10-5-11-7/h4-5H,2-3,9H2,1H3. The second-order valence-electron chi connectivity index (χ2n) is 2.42. The molecule has 5 nitrogen and oxygen atoms in total. The minimum Gasteiger partial charge on any atom is -0.464 e. The zero-order chi connectivity index (χ0) is 9.68. The number of hydrogen-bond acceptors (Lipinski definition) is 5. The molecular weight excluding hydrogens is 170 g/mol. The van der Waals surface area contributed by atoms with E-state index in [0.717, 1.165) is 5.69 Å². The summed E-state index contributed by atoms with van der Waals surface area (Å²) in [6.07, 6.45) is 1.96. The van der Waals surface area contributed by atoms with Gasteiger partial charge in [0, 0.05) is 12.1 Å². The molecular formula is C8H11N3O2. The van der Waals surface area contributed by atoms with Crippen LogP contribution in [0.1, 0.15) is 16.2 Å². The summed E-state index contributed by atoms with van der Waals surface area (Å²) in [4.78, 5) is 18.7. The van der Waals surface area contributed by atoms with Gasteiger partial charge in [-0.05, 0) is 12.6 Å². The van der Waals surface area contributed by atoms with Gasteiger partial charge in [-0.25, -0.2) is 14.8 Å². The number of nitrogens with two attached hydrogens (primary N) is 1. The Morgan fingerprint density at radius 3 is 3.00 bits per heavy atom. The van der Waals surface area contributed by atoms with E-state index in [1.165, 1.54) is 13.4 Å². The number of rotatable bonds is 3. The molecule has 1 rings (SSSR count). The summed E-state index contributed by atoms with van der Waals surface area (Å²) < 4.78 is 4.51. The summed E-state index contributed by atoms with van der Waals surface area (Å²) in [5.41, 5.74) is 6.36. The lowest BCUT2D eigenvalue weighted by Gasteiger charge is -2.00. The van der Waals surface area contributed by atoms with Crippen molar-refractivity contribution in [3.8, 4) is 0 Å². The van der Waals surface area contributed by atoms with Crippen LogP contribution in [-0.2, 0) is 11.2 Å². The molecule has 0 saturated heterocycles. The third kappa shape index (κ3) is 2.48. The van der Waals surface area contributed by atoms with E-state index < -0.39 is 5.97 Å². The molecule has 70 valence electrons. The number of nitrogens with zero attached hydrogens (tertiary/aromatic N) is 2. The summed E-state index contributed by atoms with van der Waals surface area (Å²) in [5.74, 6) is -0.458. The fourth-order valence-electron chi connectivity index (χ4n) is 0.898. The minimum absolute atomic E-state index is 0.265. The van der Waals surface area contributed by atoms with Crippen LogP contribution in [0.25, 0.3) is 0 Å². The number of carbonyl (C=O) groups is 1. The molecule has 0 unspecified atom stereocenters. The minimum atomic E-state index is -0.458. The summed E-state index contributed by atoms with van der Waals surface area (Å²) in [5, 5.41) is 0. The van der Waals surface area contributed by atoms with E-state index in [9.17, 15) is 4.79 Å². The van der Waals surface area contributed by atoms with E-state index in [2.05, 4.69) is 14.7 Å². The quantitative estimate of drug-likeness (QED) is 0.651. The predicted molar refractivity (Wildman–Crippen MR) is 46.1 cm³/mol. The van der Waals surface area contributed by atoms with Crippen molar-refractivity contribution in [3.63, 3.8) is 0 Å². The molecule has 0 aliphatic carbocycles. The van der Waals surface area contributed by atoms with Gasteiger partial charge in [0.05, 0.1) is 7.11 Å². The molecule has 0 saturated carbocycles. The summed E-state index contributed by atoms with van der Waals surface area (Å²) in [6.45, 7) is 0.498. The number of aromatic nitrogens is 2. The predicted octanol–water partition coefficient (Wildman–Crippen LogP) is -0.236. The number of carbonyl (C=O) groups excluding carboxylic acids is 1. The normalized spacial score (nSPS) is 9.69. The first-order chi connectivity index (χ1) is 6.27. The second-order valence-corrected chi connectivity index (χ2v) is 2.42. The monoisotopic (exact) mass is 181 g/mol. The molecule has 1 heterocycles. The van der Waals surface area contributed by atoms with Crippen LogP contribution in [0.4, 0.5) is 0 Å². The van der Waals surface area contributed by atoms with Crippen molar-refractivity contribution in [2.45, 2.75) is 6.42 Å². The van der Waals surface area contributed by atoms with Crippen LogP contribution in [0, 0.1) is 0 Å². The molecule has 1 aromatic rings. The lowest BCUT2D eigenvalue weighted by molar-refractivity contribution is 0.0593. The van der Waals surface area contributed by atoms with Crippen LogP contribution in [0.2, 0.25) is 0 Å². The highest BCUT2D eigenvalue weighted by molar-refractivity contribution is 5.87. The highest BCUT2D eigenvalue weighted by atomic mass is 16.5. The largest absolute Gasteiger partial charge is 0.464 e. The molecule has 1 aromatic heterocycles. The highest BCUT2D eigenvalue weighted by Gasteiger charge is 2.07. The Balaban J connectivity index is 2.85. The van der Waals surface area contributed by atoms with Gasteiger partial charge in [-0.2, -0.15) is 0 Å². The number of ether oxygens (including phenoxy) is 1. The number of hydrogen-bond donors (Lipinski definition) is 1. The van der Waals surface area contributed by atoms with Crippen molar-refractivity contribution in [1.29, 1.82) is 0 Å². The Morgan fingerprint density at radius 2 is 2.38 bits per heavy atom. The smallest absolute Gasteiger partial charge is 0.356 e. The maximum Gasteiger partial charge on any atom is 0.356 e. The SMILES string of the molecule is COC(=O)c1cc(CCN)ncn1. The van der Waals surface area contributed by atoms with E-state index in [0.29, 0.717) is 13.0 Å². The lowest BCUT2D eigenvalue weighted by atomic mass is 10.2. The molecule has 0 amide bonds. The van der Waals surface area contributed by atoms with Crippen molar-refractivity contribution < 1.29 is 9.53 Å². The highest BCUT2D eigenvalue weighted by Crippen LogP contribution is 1.99. The zero-order valence-corrected chi connectivity index (χ0v) is 7.36. The average molecular weight is 181 g/mol. The van der Waals surface area contributed by atoms with Gasteiger partial charge in [-0.15, -0.1) is 0 Å². The Bertz CT molecular complexity index is 301. The van der Waals surface area contributed by atoms with E-state index in [1.54, 1.807) is 6.07 Å². The van der Waals surface area contributed by atoms with Gasteiger partial charge in [0.1, 0.15) is 6.33 Å². The van der Waals surface area contributed by atoms with E-state index in [4.69, 9.17) is 5.73 Å². The van der Waals surface area contributed by atoms with Gasteiger partial charge < -0.3 is 10.5 Å². The van der Waals surface area contributed by atoms with Gasteiger partial charge in [0.15, 0.2) is 5.69 Å². The van der Waals surface area contributed by atoms with Crippen LogP contribution in [-0.4, -0.2) is 29.6 Å². The van der Waals surface area contributed by atoms with E-state index >= 15 is 0 Å². The molecule has 0 radical (unpaired) electrons. The zero-order valence-electron chi connectivity index (χ0n) is 7.36. The fraction of sp³-hybridized carbons (Fsp3) is 0.375. The van der Waals surface area contributed by atoms with Crippen molar-refractivity contribution in [2.75, 3.05) is 13.7 Å².